The molecule has 0 spiro atoms. The molecule has 2 nitrogen and oxygen atoms in total. The van der Waals surface area contributed by atoms with Crippen molar-refractivity contribution in [1.82, 2.24) is 10.3 Å². The van der Waals surface area contributed by atoms with Crippen LogP contribution in [0.3, 0.4) is 0 Å². The first kappa shape index (κ1) is 13.7. The molecule has 0 radical (unpaired) electrons. The summed E-state index contributed by atoms with van der Waals surface area (Å²) in [5, 5.41) is 4.52. The minimum atomic E-state index is -0.198. The van der Waals surface area contributed by atoms with Crippen molar-refractivity contribution in [3.8, 4) is 0 Å². The lowest BCUT2D eigenvalue weighted by Gasteiger charge is -2.07. The van der Waals surface area contributed by atoms with E-state index in [0.717, 1.165) is 35.2 Å². The van der Waals surface area contributed by atoms with Gasteiger partial charge in [-0.25, -0.2) is 4.39 Å². The molecular weight excluding hydrogens is 263 g/mol. The lowest BCUT2D eigenvalue weighted by Crippen LogP contribution is -2.12. The van der Waals surface area contributed by atoms with Gasteiger partial charge in [-0.05, 0) is 48.4 Å². The molecule has 0 amide bonds. The standard InChI is InChI=1S/C18H17FN2/c1-13-2-6-16-10-15(5-9-18(16)21-13)12-20-11-14-3-7-17(19)8-4-14/h2-10,20H,11-12H2,1H3. The Balaban J connectivity index is 1.65. The molecule has 1 N–H and O–H groups in total. The fraction of sp³-hybridized carbons (Fsp3) is 0.167. The molecule has 1 heterocycles. The summed E-state index contributed by atoms with van der Waals surface area (Å²) in [6.45, 7) is 3.50. The third kappa shape index (κ3) is 3.44. The molecule has 3 aromatic rings. The maximum atomic E-state index is 12.8. The second-order valence-corrected chi connectivity index (χ2v) is 5.21. The molecule has 0 aliphatic heterocycles. The van der Waals surface area contributed by atoms with Gasteiger partial charge in [0.1, 0.15) is 5.82 Å². The molecule has 0 unspecified atom stereocenters. The van der Waals surface area contributed by atoms with E-state index in [1.807, 2.05) is 13.0 Å². The normalized spacial score (nSPS) is 11.0. The molecule has 2 aromatic carbocycles. The Labute approximate surface area is 123 Å². The van der Waals surface area contributed by atoms with Crippen molar-refractivity contribution in [3.63, 3.8) is 0 Å². The van der Waals surface area contributed by atoms with Crippen molar-refractivity contribution >= 4 is 10.9 Å². The Bertz CT molecular complexity index is 751. The van der Waals surface area contributed by atoms with Crippen LogP contribution in [0.2, 0.25) is 0 Å². The van der Waals surface area contributed by atoms with Gasteiger partial charge in [0.05, 0.1) is 5.52 Å². The van der Waals surface area contributed by atoms with E-state index in [4.69, 9.17) is 0 Å². The van der Waals surface area contributed by atoms with E-state index in [0.29, 0.717) is 0 Å². The van der Waals surface area contributed by atoms with Gasteiger partial charge in [0.15, 0.2) is 0 Å². The summed E-state index contributed by atoms with van der Waals surface area (Å²) in [4.78, 5) is 4.50. The molecule has 0 bridgehead atoms. The van der Waals surface area contributed by atoms with E-state index in [9.17, 15) is 4.39 Å². The summed E-state index contributed by atoms with van der Waals surface area (Å²) in [5.74, 6) is -0.198. The van der Waals surface area contributed by atoms with Crippen LogP contribution in [0.1, 0.15) is 16.8 Å². The highest BCUT2D eigenvalue weighted by Gasteiger charge is 1.99. The van der Waals surface area contributed by atoms with Crippen molar-refractivity contribution in [2.75, 3.05) is 0 Å². The van der Waals surface area contributed by atoms with Crippen molar-refractivity contribution in [1.29, 1.82) is 0 Å². The van der Waals surface area contributed by atoms with E-state index < -0.39 is 0 Å². The highest BCUT2D eigenvalue weighted by molar-refractivity contribution is 5.79. The number of halogens is 1. The Hall–Kier alpha value is -2.26. The smallest absolute Gasteiger partial charge is 0.123 e. The van der Waals surface area contributed by atoms with Crippen molar-refractivity contribution in [2.45, 2.75) is 20.0 Å². The zero-order valence-electron chi connectivity index (χ0n) is 11.9. The van der Waals surface area contributed by atoms with Gasteiger partial charge in [0.2, 0.25) is 0 Å². The Morgan fingerprint density at radius 2 is 1.62 bits per heavy atom. The third-order valence-corrected chi connectivity index (χ3v) is 3.46. The van der Waals surface area contributed by atoms with Crippen molar-refractivity contribution in [3.05, 3.63) is 77.2 Å². The first-order valence-corrected chi connectivity index (χ1v) is 7.02. The van der Waals surface area contributed by atoms with Crippen LogP contribution in [0, 0.1) is 12.7 Å². The van der Waals surface area contributed by atoms with Crippen LogP contribution in [0.25, 0.3) is 10.9 Å². The molecule has 1 aromatic heterocycles. The zero-order valence-corrected chi connectivity index (χ0v) is 11.9. The number of hydrogen-bond donors (Lipinski definition) is 1. The van der Waals surface area contributed by atoms with Gasteiger partial charge in [-0.2, -0.15) is 0 Å². The molecule has 3 rings (SSSR count). The highest BCUT2D eigenvalue weighted by Crippen LogP contribution is 2.15. The summed E-state index contributed by atoms with van der Waals surface area (Å²) < 4.78 is 12.8. The predicted molar refractivity (Wildman–Crippen MR) is 83.4 cm³/mol. The van der Waals surface area contributed by atoms with Gasteiger partial charge in [0, 0.05) is 24.2 Å². The number of fused-ring (bicyclic) bond motifs is 1. The summed E-state index contributed by atoms with van der Waals surface area (Å²) in [6.07, 6.45) is 0. The first-order valence-electron chi connectivity index (χ1n) is 7.02. The quantitative estimate of drug-likeness (QED) is 0.782. The van der Waals surface area contributed by atoms with Gasteiger partial charge in [-0.15, -0.1) is 0 Å². The van der Waals surface area contributed by atoms with Gasteiger partial charge in [0.25, 0.3) is 0 Å². The largest absolute Gasteiger partial charge is 0.309 e. The van der Waals surface area contributed by atoms with Crippen LogP contribution in [0.4, 0.5) is 4.39 Å². The van der Waals surface area contributed by atoms with Crippen LogP contribution < -0.4 is 5.32 Å². The SMILES string of the molecule is Cc1ccc2cc(CNCc3ccc(F)cc3)ccc2n1. The number of nitrogens with one attached hydrogen (secondary N) is 1. The molecule has 0 aliphatic carbocycles. The van der Waals surface area contributed by atoms with E-state index in [-0.39, 0.29) is 5.82 Å². The second kappa shape index (κ2) is 6.02. The van der Waals surface area contributed by atoms with Gasteiger partial charge < -0.3 is 5.32 Å². The number of nitrogens with zero attached hydrogens (tertiary/aromatic N) is 1. The fourth-order valence-corrected chi connectivity index (χ4v) is 2.34. The summed E-state index contributed by atoms with van der Waals surface area (Å²) in [7, 11) is 0. The lowest BCUT2D eigenvalue weighted by atomic mass is 10.1. The monoisotopic (exact) mass is 280 g/mol. The number of pyridine rings is 1. The van der Waals surface area contributed by atoms with Crippen molar-refractivity contribution in [2.24, 2.45) is 0 Å². The van der Waals surface area contributed by atoms with Gasteiger partial charge in [-0.3, -0.25) is 4.98 Å². The minimum Gasteiger partial charge on any atom is -0.309 e. The average Bonchev–Trinajstić information content (AvgIpc) is 2.49. The molecule has 3 heteroatoms. The van der Waals surface area contributed by atoms with E-state index in [1.165, 1.54) is 17.7 Å². The third-order valence-electron chi connectivity index (χ3n) is 3.46. The number of hydrogen-bond acceptors (Lipinski definition) is 2. The molecule has 0 aliphatic rings. The van der Waals surface area contributed by atoms with Crippen LogP contribution in [-0.4, -0.2) is 4.98 Å². The Morgan fingerprint density at radius 3 is 2.43 bits per heavy atom. The van der Waals surface area contributed by atoms with E-state index >= 15 is 0 Å². The first-order chi connectivity index (χ1) is 10.2. The summed E-state index contributed by atoms with van der Waals surface area (Å²) >= 11 is 0. The summed E-state index contributed by atoms with van der Waals surface area (Å²) in [5.41, 5.74) is 4.35. The van der Waals surface area contributed by atoms with Crippen LogP contribution in [0.15, 0.2) is 54.6 Å². The van der Waals surface area contributed by atoms with E-state index in [1.54, 1.807) is 12.1 Å². The van der Waals surface area contributed by atoms with Crippen molar-refractivity contribution < 1.29 is 4.39 Å². The molecule has 0 atom stereocenters. The molecule has 21 heavy (non-hydrogen) atoms. The average molecular weight is 280 g/mol. The number of aromatic nitrogens is 1. The molecular formula is C18H17FN2. The fourth-order valence-electron chi connectivity index (χ4n) is 2.34. The molecule has 0 fully saturated rings. The molecule has 0 saturated carbocycles. The molecule has 106 valence electrons. The van der Waals surface area contributed by atoms with Gasteiger partial charge >= 0.3 is 0 Å². The number of rotatable bonds is 4. The number of aryl methyl sites for hydroxylation is 1. The topological polar surface area (TPSA) is 24.9 Å². The van der Waals surface area contributed by atoms with E-state index in [2.05, 4.69) is 34.6 Å². The Morgan fingerprint density at radius 1 is 0.905 bits per heavy atom. The Kier molecular flexibility index (Phi) is 3.93. The van der Waals surface area contributed by atoms with Crippen LogP contribution in [0.5, 0.6) is 0 Å². The maximum Gasteiger partial charge on any atom is 0.123 e. The highest BCUT2D eigenvalue weighted by atomic mass is 19.1. The number of benzene rings is 2. The maximum absolute atomic E-state index is 12.8. The predicted octanol–water partition coefficient (Wildman–Crippen LogP) is 3.97. The van der Waals surface area contributed by atoms with Gasteiger partial charge in [-0.1, -0.05) is 24.3 Å². The zero-order chi connectivity index (χ0) is 14.7. The van der Waals surface area contributed by atoms with Crippen LogP contribution >= 0.6 is 0 Å². The second-order valence-electron chi connectivity index (χ2n) is 5.21. The molecule has 0 saturated heterocycles. The minimum absolute atomic E-state index is 0.198. The van der Waals surface area contributed by atoms with Crippen LogP contribution in [-0.2, 0) is 13.1 Å². The lowest BCUT2D eigenvalue weighted by molar-refractivity contribution is 0.625. The summed E-state index contributed by atoms with van der Waals surface area (Å²) in [6, 6.07) is 17.0.